The molecular weight excluding hydrogens is 276 g/mol. The summed E-state index contributed by atoms with van der Waals surface area (Å²) in [7, 11) is -3.78. The highest BCUT2D eigenvalue weighted by Crippen LogP contribution is 2.40. The number of hydrogen-bond donors (Lipinski definition) is 2. The van der Waals surface area contributed by atoms with Gasteiger partial charge < -0.3 is 19.7 Å². The first-order chi connectivity index (χ1) is 8.82. The Morgan fingerprint density at radius 2 is 1.95 bits per heavy atom. The van der Waals surface area contributed by atoms with Gasteiger partial charge in [0.1, 0.15) is 18.1 Å². The van der Waals surface area contributed by atoms with Crippen LogP contribution in [0.15, 0.2) is 17.0 Å². The summed E-state index contributed by atoms with van der Waals surface area (Å²) < 4.78 is 34.1. The molecule has 0 amide bonds. The van der Waals surface area contributed by atoms with Gasteiger partial charge in [-0.1, -0.05) is 6.07 Å². The Kier molecular flexibility index (Phi) is 3.38. The molecule has 1 heterocycles. The fourth-order valence-corrected chi connectivity index (χ4v) is 2.94. The number of aliphatic hydroxyl groups excluding tert-OH is 1. The normalized spacial score (nSPS) is 15.9. The minimum atomic E-state index is -3.78. The zero-order chi connectivity index (χ0) is 14.2. The number of carboxylic acids is 1. The molecule has 1 unspecified atom stereocenters. The van der Waals surface area contributed by atoms with E-state index >= 15 is 0 Å². The molecule has 0 saturated carbocycles. The van der Waals surface area contributed by atoms with Crippen molar-refractivity contribution in [3.63, 3.8) is 0 Å². The van der Waals surface area contributed by atoms with Gasteiger partial charge >= 0.3 is 5.97 Å². The predicted molar refractivity (Wildman–Crippen MR) is 63.1 cm³/mol. The van der Waals surface area contributed by atoms with Crippen LogP contribution >= 0.6 is 0 Å². The average Bonchev–Trinajstić information content (AvgIpc) is 2.35. The molecule has 0 bridgehead atoms. The number of sulfone groups is 1. The highest BCUT2D eigenvalue weighted by Gasteiger charge is 2.31. The number of ether oxygens (including phenoxy) is 2. The number of rotatable bonds is 3. The number of carbonyl (C=O) groups is 1. The van der Waals surface area contributed by atoms with Crippen LogP contribution in [0.5, 0.6) is 11.5 Å². The second-order valence-corrected chi connectivity index (χ2v) is 5.97. The molecule has 0 aromatic heterocycles. The Labute approximate surface area is 109 Å². The van der Waals surface area contributed by atoms with Crippen LogP contribution in [0, 0.1) is 0 Å². The van der Waals surface area contributed by atoms with Gasteiger partial charge in [0.25, 0.3) is 0 Å². The highest BCUT2D eigenvalue weighted by molar-refractivity contribution is 7.90. The van der Waals surface area contributed by atoms with Crippen LogP contribution in [-0.2, 0) is 14.6 Å². The lowest BCUT2D eigenvalue weighted by atomic mass is 10.1. The molecule has 1 aromatic carbocycles. The van der Waals surface area contributed by atoms with Crippen LogP contribution in [0.4, 0.5) is 0 Å². The van der Waals surface area contributed by atoms with E-state index in [1.807, 2.05) is 0 Å². The smallest absolute Gasteiger partial charge is 0.337 e. The lowest BCUT2D eigenvalue weighted by Gasteiger charge is -2.23. The van der Waals surface area contributed by atoms with Gasteiger partial charge in [-0.05, 0) is 6.07 Å². The number of aliphatic hydroxyl groups is 1. The summed E-state index contributed by atoms with van der Waals surface area (Å²) in [6.07, 6.45) is -1.03. The van der Waals surface area contributed by atoms with Crippen LogP contribution in [-0.4, -0.2) is 44.1 Å². The van der Waals surface area contributed by atoms with Gasteiger partial charge in [-0.15, -0.1) is 0 Å². The summed E-state index contributed by atoms with van der Waals surface area (Å²) in [6.45, 7) is 0.430. The summed E-state index contributed by atoms with van der Waals surface area (Å²) in [5.41, 5.74) is -0.237. The van der Waals surface area contributed by atoms with Crippen LogP contribution in [0.2, 0.25) is 0 Å². The second kappa shape index (κ2) is 4.71. The molecule has 0 fully saturated rings. The molecule has 0 saturated heterocycles. The first-order valence-corrected chi connectivity index (χ1v) is 7.25. The van der Waals surface area contributed by atoms with Crippen LogP contribution in [0.25, 0.3) is 0 Å². The van der Waals surface area contributed by atoms with Crippen molar-refractivity contribution in [1.82, 2.24) is 0 Å². The standard InChI is InChI=1S/C11H12O7S/c1-19(15,16)10-6(8(12)11(13)14)2-3-7-9(10)18-5-4-17-7/h2-3,8,12H,4-5H2,1H3,(H,13,14). The Morgan fingerprint density at radius 3 is 2.53 bits per heavy atom. The van der Waals surface area contributed by atoms with Crippen molar-refractivity contribution in [3.05, 3.63) is 17.7 Å². The molecular formula is C11H12O7S. The number of benzene rings is 1. The summed E-state index contributed by atoms with van der Waals surface area (Å²) in [5, 5.41) is 18.4. The topological polar surface area (TPSA) is 110 Å². The molecule has 0 aliphatic carbocycles. The number of fused-ring (bicyclic) bond motifs is 1. The van der Waals surface area contributed by atoms with Crippen molar-refractivity contribution in [2.24, 2.45) is 0 Å². The van der Waals surface area contributed by atoms with Crippen LogP contribution in [0.1, 0.15) is 11.7 Å². The van der Waals surface area contributed by atoms with E-state index in [4.69, 9.17) is 14.6 Å². The molecule has 1 aromatic rings. The third kappa shape index (κ3) is 2.49. The van der Waals surface area contributed by atoms with E-state index in [9.17, 15) is 18.3 Å². The molecule has 1 atom stereocenters. The number of aliphatic carboxylic acids is 1. The van der Waals surface area contributed by atoms with Gasteiger partial charge in [-0.25, -0.2) is 13.2 Å². The number of hydrogen-bond acceptors (Lipinski definition) is 6. The van der Waals surface area contributed by atoms with Gasteiger partial charge in [-0.3, -0.25) is 0 Å². The minimum absolute atomic E-state index is 0.0495. The highest BCUT2D eigenvalue weighted by atomic mass is 32.2. The summed E-state index contributed by atoms with van der Waals surface area (Å²) >= 11 is 0. The molecule has 1 aliphatic heterocycles. The van der Waals surface area contributed by atoms with Crippen molar-refractivity contribution in [1.29, 1.82) is 0 Å². The zero-order valence-corrected chi connectivity index (χ0v) is 10.8. The summed E-state index contributed by atoms with van der Waals surface area (Å²) in [5.74, 6) is -1.37. The van der Waals surface area contributed by atoms with E-state index in [1.165, 1.54) is 12.1 Å². The minimum Gasteiger partial charge on any atom is -0.486 e. The SMILES string of the molecule is CS(=O)(=O)c1c(C(O)C(=O)O)ccc2c1OCCO2. The lowest BCUT2D eigenvalue weighted by Crippen LogP contribution is -2.21. The van der Waals surface area contributed by atoms with Crippen molar-refractivity contribution in [2.75, 3.05) is 19.5 Å². The fraction of sp³-hybridized carbons (Fsp3) is 0.364. The summed E-state index contributed by atoms with van der Waals surface area (Å²) in [4.78, 5) is 10.5. The largest absolute Gasteiger partial charge is 0.486 e. The molecule has 2 rings (SSSR count). The van der Waals surface area contributed by atoms with E-state index in [0.717, 1.165) is 6.26 Å². The third-order valence-electron chi connectivity index (χ3n) is 2.59. The van der Waals surface area contributed by atoms with E-state index < -0.39 is 21.9 Å². The molecule has 2 N–H and O–H groups in total. The predicted octanol–water partition coefficient (Wildman–Crippen LogP) is -0.0207. The molecule has 19 heavy (non-hydrogen) atoms. The number of carboxylic acid groups (broad SMARTS) is 1. The van der Waals surface area contributed by atoms with Gasteiger partial charge in [0.15, 0.2) is 27.4 Å². The average molecular weight is 288 g/mol. The molecule has 7 nitrogen and oxygen atoms in total. The monoisotopic (exact) mass is 288 g/mol. The van der Waals surface area contributed by atoms with Crippen molar-refractivity contribution in [2.45, 2.75) is 11.0 Å². The molecule has 104 valence electrons. The molecule has 0 spiro atoms. The van der Waals surface area contributed by atoms with Crippen LogP contribution in [0.3, 0.4) is 0 Å². The summed E-state index contributed by atoms with van der Waals surface area (Å²) in [6, 6.07) is 2.59. The van der Waals surface area contributed by atoms with E-state index in [-0.39, 0.29) is 35.2 Å². The van der Waals surface area contributed by atoms with Gasteiger partial charge in [0.2, 0.25) is 0 Å². The van der Waals surface area contributed by atoms with E-state index in [2.05, 4.69) is 0 Å². The first kappa shape index (κ1) is 13.6. The fourth-order valence-electron chi connectivity index (χ4n) is 1.84. The lowest BCUT2D eigenvalue weighted by molar-refractivity contribution is -0.147. The van der Waals surface area contributed by atoms with Crippen molar-refractivity contribution < 1.29 is 32.9 Å². The first-order valence-electron chi connectivity index (χ1n) is 5.36. The molecule has 0 radical (unpaired) electrons. The second-order valence-electron chi connectivity index (χ2n) is 4.02. The third-order valence-corrected chi connectivity index (χ3v) is 3.76. The maximum absolute atomic E-state index is 11.8. The maximum atomic E-state index is 11.8. The maximum Gasteiger partial charge on any atom is 0.337 e. The molecule has 1 aliphatic rings. The van der Waals surface area contributed by atoms with E-state index in [1.54, 1.807) is 0 Å². The van der Waals surface area contributed by atoms with Crippen molar-refractivity contribution in [3.8, 4) is 11.5 Å². The van der Waals surface area contributed by atoms with Gasteiger partial charge in [0.05, 0.1) is 0 Å². The van der Waals surface area contributed by atoms with Gasteiger partial charge in [-0.2, -0.15) is 0 Å². The Bertz CT molecular complexity index is 620. The van der Waals surface area contributed by atoms with E-state index in [0.29, 0.717) is 0 Å². The zero-order valence-electron chi connectivity index (χ0n) is 9.99. The van der Waals surface area contributed by atoms with Crippen molar-refractivity contribution >= 4 is 15.8 Å². The quantitative estimate of drug-likeness (QED) is 0.804. The molecule has 8 heteroatoms. The Hall–Kier alpha value is -1.80. The van der Waals surface area contributed by atoms with Gasteiger partial charge in [0, 0.05) is 11.8 Å². The Morgan fingerprint density at radius 1 is 1.32 bits per heavy atom. The van der Waals surface area contributed by atoms with Crippen LogP contribution < -0.4 is 9.47 Å². The Balaban J connectivity index is 2.72.